The Bertz CT molecular complexity index is 458. The fourth-order valence-electron chi connectivity index (χ4n) is 3.58. The largest absolute Gasteiger partial charge is 0.317 e. The molecule has 2 nitrogen and oxygen atoms in total. The number of likely N-dealkylation sites (tertiary alicyclic amines) is 1. The Labute approximate surface area is 127 Å². The lowest BCUT2D eigenvalue weighted by molar-refractivity contribution is 0.194. The molecule has 4 heteroatoms. The molecule has 1 aromatic carbocycles. The first-order chi connectivity index (χ1) is 9.17. The van der Waals surface area contributed by atoms with Crippen LogP contribution in [-0.4, -0.2) is 31.1 Å². The number of hydrogen-bond donors (Lipinski definition) is 1. The van der Waals surface area contributed by atoms with Crippen LogP contribution in [0, 0.1) is 18.2 Å². The lowest BCUT2D eigenvalue weighted by Crippen LogP contribution is -2.38. The molecule has 0 unspecified atom stereocenters. The van der Waals surface area contributed by atoms with Crippen LogP contribution in [0.1, 0.15) is 30.4 Å². The smallest absolute Gasteiger partial charge is 0.123 e. The summed E-state index contributed by atoms with van der Waals surface area (Å²) in [6.45, 7) is 7.64. The Morgan fingerprint density at radius 1 is 1.25 bits per heavy atom. The standard InChI is InChI=1S/C16H23FN2.ClH/c1-13-2-3-15(17)10-14(13)11-19-9-6-16(12-19)4-7-18-8-5-16;/h2-3,10,18H,4-9,11-12H2,1H3;1H. The second kappa shape index (κ2) is 6.42. The van der Waals surface area contributed by atoms with Crippen molar-refractivity contribution in [2.75, 3.05) is 26.2 Å². The highest BCUT2D eigenvalue weighted by Gasteiger charge is 2.38. The van der Waals surface area contributed by atoms with E-state index in [-0.39, 0.29) is 18.2 Å². The van der Waals surface area contributed by atoms with E-state index >= 15 is 0 Å². The molecule has 0 aliphatic carbocycles. The number of aryl methyl sites for hydroxylation is 1. The summed E-state index contributed by atoms with van der Waals surface area (Å²) in [6.07, 6.45) is 3.90. The number of nitrogens with one attached hydrogen (secondary N) is 1. The quantitative estimate of drug-likeness (QED) is 0.902. The van der Waals surface area contributed by atoms with Gasteiger partial charge in [-0.25, -0.2) is 4.39 Å². The van der Waals surface area contributed by atoms with Gasteiger partial charge >= 0.3 is 0 Å². The van der Waals surface area contributed by atoms with Gasteiger partial charge in [-0.15, -0.1) is 12.4 Å². The van der Waals surface area contributed by atoms with Crippen LogP contribution in [0.5, 0.6) is 0 Å². The zero-order valence-corrected chi connectivity index (χ0v) is 12.9. The summed E-state index contributed by atoms with van der Waals surface area (Å²) in [4.78, 5) is 2.51. The van der Waals surface area contributed by atoms with Crippen molar-refractivity contribution < 1.29 is 4.39 Å². The van der Waals surface area contributed by atoms with Gasteiger partial charge in [0.05, 0.1) is 0 Å². The van der Waals surface area contributed by atoms with E-state index in [1.165, 1.54) is 31.4 Å². The molecular formula is C16H24ClFN2. The number of hydrogen-bond acceptors (Lipinski definition) is 2. The Balaban J connectivity index is 0.00000147. The van der Waals surface area contributed by atoms with E-state index < -0.39 is 0 Å². The van der Waals surface area contributed by atoms with Gasteiger partial charge in [0.1, 0.15) is 5.82 Å². The molecular weight excluding hydrogens is 275 g/mol. The van der Waals surface area contributed by atoms with Crippen molar-refractivity contribution in [3.8, 4) is 0 Å². The van der Waals surface area contributed by atoms with Gasteiger partial charge in [-0.05, 0) is 74.5 Å². The summed E-state index contributed by atoms with van der Waals surface area (Å²) in [6, 6.07) is 5.14. The van der Waals surface area contributed by atoms with Gasteiger partial charge in [0.15, 0.2) is 0 Å². The first-order valence-corrected chi connectivity index (χ1v) is 7.35. The summed E-state index contributed by atoms with van der Waals surface area (Å²) in [5.74, 6) is -0.114. The minimum Gasteiger partial charge on any atom is -0.317 e. The zero-order chi connectivity index (χ0) is 13.3. The lowest BCUT2D eigenvalue weighted by Gasteiger charge is -2.34. The molecule has 1 N–H and O–H groups in total. The molecule has 0 saturated carbocycles. The Morgan fingerprint density at radius 3 is 2.75 bits per heavy atom. The maximum atomic E-state index is 13.3. The van der Waals surface area contributed by atoms with Crippen LogP contribution in [0.15, 0.2) is 18.2 Å². The molecule has 0 bridgehead atoms. The predicted molar refractivity (Wildman–Crippen MR) is 82.8 cm³/mol. The lowest BCUT2D eigenvalue weighted by atomic mass is 9.78. The third-order valence-electron chi connectivity index (χ3n) is 4.89. The number of halogens is 2. The van der Waals surface area contributed by atoms with Crippen LogP contribution in [0.2, 0.25) is 0 Å². The highest BCUT2D eigenvalue weighted by Crippen LogP contribution is 2.39. The SMILES string of the molecule is Cc1ccc(F)cc1CN1CCC2(CCNCC2)C1.Cl. The van der Waals surface area contributed by atoms with Crippen molar-refractivity contribution in [3.63, 3.8) is 0 Å². The highest BCUT2D eigenvalue weighted by molar-refractivity contribution is 5.85. The Kier molecular flexibility index (Phi) is 5.05. The first kappa shape index (κ1) is 15.7. The van der Waals surface area contributed by atoms with Crippen molar-refractivity contribution in [2.45, 2.75) is 32.7 Å². The normalized spacial score (nSPS) is 21.9. The second-order valence-electron chi connectivity index (χ2n) is 6.28. The molecule has 2 fully saturated rings. The first-order valence-electron chi connectivity index (χ1n) is 7.35. The monoisotopic (exact) mass is 298 g/mol. The van der Waals surface area contributed by atoms with Gasteiger partial charge in [0.2, 0.25) is 0 Å². The molecule has 1 aromatic rings. The van der Waals surface area contributed by atoms with Crippen molar-refractivity contribution >= 4 is 12.4 Å². The van der Waals surface area contributed by atoms with Gasteiger partial charge in [-0.2, -0.15) is 0 Å². The van der Waals surface area contributed by atoms with E-state index in [1.54, 1.807) is 12.1 Å². The minimum absolute atomic E-state index is 0. The number of rotatable bonds is 2. The fourth-order valence-corrected chi connectivity index (χ4v) is 3.58. The summed E-state index contributed by atoms with van der Waals surface area (Å²) in [5.41, 5.74) is 2.88. The van der Waals surface area contributed by atoms with Gasteiger partial charge in [0, 0.05) is 13.1 Å². The maximum absolute atomic E-state index is 13.3. The minimum atomic E-state index is -0.114. The summed E-state index contributed by atoms with van der Waals surface area (Å²) in [7, 11) is 0. The Morgan fingerprint density at radius 2 is 2.00 bits per heavy atom. The van der Waals surface area contributed by atoms with E-state index in [1.807, 2.05) is 6.07 Å². The molecule has 2 aliphatic rings. The van der Waals surface area contributed by atoms with Gasteiger partial charge in [0.25, 0.3) is 0 Å². The van der Waals surface area contributed by atoms with Crippen molar-refractivity contribution in [1.82, 2.24) is 10.2 Å². The van der Waals surface area contributed by atoms with E-state index in [2.05, 4.69) is 17.1 Å². The zero-order valence-electron chi connectivity index (χ0n) is 12.1. The summed E-state index contributed by atoms with van der Waals surface area (Å²) < 4.78 is 13.3. The third-order valence-corrected chi connectivity index (χ3v) is 4.89. The van der Waals surface area contributed by atoms with Gasteiger partial charge in [-0.3, -0.25) is 4.90 Å². The molecule has 2 saturated heterocycles. The van der Waals surface area contributed by atoms with Gasteiger partial charge < -0.3 is 5.32 Å². The van der Waals surface area contributed by atoms with Gasteiger partial charge in [-0.1, -0.05) is 6.07 Å². The highest BCUT2D eigenvalue weighted by atomic mass is 35.5. The van der Waals surface area contributed by atoms with E-state index in [0.717, 1.165) is 31.7 Å². The topological polar surface area (TPSA) is 15.3 Å². The molecule has 0 radical (unpaired) electrons. The van der Waals surface area contributed by atoms with Crippen LogP contribution in [-0.2, 0) is 6.54 Å². The molecule has 112 valence electrons. The van der Waals surface area contributed by atoms with E-state index in [4.69, 9.17) is 0 Å². The molecule has 1 spiro atoms. The van der Waals surface area contributed by atoms with Crippen molar-refractivity contribution in [2.24, 2.45) is 5.41 Å². The predicted octanol–water partition coefficient (Wildman–Crippen LogP) is 3.13. The number of piperidine rings is 1. The van der Waals surface area contributed by atoms with Crippen LogP contribution in [0.3, 0.4) is 0 Å². The molecule has 0 amide bonds. The molecule has 0 aromatic heterocycles. The van der Waals surface area contributed by atoms with Crippen molar-refractivity contribution in [3.05, 3.63) is 35.1 Å². The average Bonchev–Trinajstić information content (AvgIpc) is 2.78. The van der Waals surface area contributed by atoms with Crippen molar-refractivity contribution in [1.29, 1.82) is 0 Å². The van der Waals surface area contributed by atoms with E-state index in [9.17, 15) is 4.39 Å². The third kappa shape index (κ3) is 3.33. The molecule has 2 heterocycles. The van der Waals surface area contributed by atoms with Crippen LogP contribution >= 0.6 is 12.4 Å². The summed E-state index contributed by atoms with van der Waals surface area (Å²) >= 11 is 0. The molecule has 0 atom stereocenters. The Hall–Kier alpha value is -0.640. The number of nitrogens with zero attached hydrogens (tertiary/aromatic N) is 1. The molecule has 2 aliphatic heterocycles. The fraction of sp³-hybridized carbons (Fsp3) is 0.625. The molecule has 3 rings (SSSR count). The summed E-state index contributed by atoms with van der Waals surface area (Å²) in [5, 5.41) is 3.45. The average molecular weight is 299 g/mol. The van der Waals surface area contributed by atoms with Crippen LogP contribution < -0.4 is 5.32 Å². The second-order valence-corrected chi connectivity index (χ2v) is 6.28. The maximum Gasteiger partial charge on any atom is 0.123 e. The van der Waals surface area contributed by atoms with Crippen LogP contribution in [0.25, 0.3) is 0 Å². The molecule has 20 heavy (non-hydrogen) atoms. The van der Waals surface area contributed by atoms with Crippen LogP contribution in [0.4, 0.5) is 4.39 Å². The number of benzene rings is 1. The van der Waals surface area contributed by atoms with E-state index in [0.29, 0.717) is 5.41 Å².